The maximum absolute atomic E-state index is 12.2. The molecule has 3 nitrogen and oxygen atoms in total. The Morgan fingerprint density at radius 1 is 1.43 bits per heavy atom. The standard InChI is InChI=1S/C17H24ClNO2/c1-13-12-15(8-9-16(13)18)21-11-5-7-17(20)19-10-4-3-6-14(19)2/h8-9,12,14H,3-7,10-11H2,1-2H3. The monoisotopic (exact) mass is 309 g/mol. The normalized spacial score (nSPS) is 18.6. The highest BCUT2D eigenvalue weighted by atomic mass is 35.5. The van der Waals surface area contributed by atoms with E-state index in [9.17, 15) is 4.79 Å². The number of piperidine rings is 1. The van der Waals surface area contributed by atoms with Crippen LogP contribution >= 0.6 is 11.6 Å². The number of carbonyl (C=O) groups excluding carboxylic acids is 1. The number of nitrogens with zero attached hydrogens (tertiary/aromatic N) is 1. The van der Waals surface area contributed by atoms with Crippen LogP contribution in [-0.2, 0) is 4.79 Å². The van der Waals surface area contributed by atoms with Crippen LogP contribution in [0.2, 0.25) is 5.02 Å². The van der Waals surface area contributed by atoms with Gasteiger partial charge in [0.2, 0.25) is 5.91 Å². The minimum atomic E-state index is 0.262. The average molecular weight is 310 g/mol. The molecule has 0 spiro atoms. The van der Waals surface area contributed by atoms with Crippen molar-refractivity contribution in [2.75, 3.05) is 13.2 Å². The van der Waals surface area contributed by atoms with E-state index in [1.807, 2.05) is 30.0 Å². The summed E-state index contributed by atoms with van der Waals surface area (Å²) in [5.74, 6) is 1.08. The van der Waals surface area contributed by atoms with Crippen LogP contribution in [-0.4, -0.2) is 30.0 Å². The largest absolute Gasteiger partial charge is 0.494 e. The van der Waals surface area contributed by atoms with Gasteiger partial charge in [-0.1, -0.05) is 11.6 Å². The second-order valence-electron chi connectivity index (χ2n) is 5.79. The molecule has 0 radical (unpaired) electrons. The van der Waals surface area contributed by atoms with Crippen molar-refractivity contribution in [3.05, 3.63) is 28.8 Å². The molecule has 2 rings (SSSR count). The van der Waals surface area contributed by atoms with Gasteiger partial charge in [0.05, 0.1) is 6.61 Å². The summed E-state index contributed by atoms with van der Waals surface area (Å²) >= 11 is 5.98. The number of benzene rings is 1. The lowest BCUT2D eigenvalue weighted by Gasteiger charge is -2.33. The summed E-state index contributed by atoms with van der Waals surface area (Å²) in [6.07, 6.45) is 4.83. The smallest absolute Gasteiger partial charge is 0.222 e. The predicted octanol–water partition coefficient (Wildman–Crippen LogP) is 4.21. The molecule has 1 aromatic carbocycles. The number of rotatable bonds is 5. The SMILES string of the molecule is Cc1cc(OCCCC(=O)N2CCCCC2C)ccc1Cl. The van der Waals surface area contributed by atoms with Gasteiger partial charge in [0.1, 0.15) is 5.75 Å². The molecular weight excluding hydrogens is 286 g/mol. The Morgan fingerprint density at radius 3 is 2.95 bits per heavy atom. The van der Waals surface area contributed by atoms with Gasteiger partial charge in [0, 0.05) is 24.0 Å². The number of hydrogen-bond acceptors (Lipinski definition) is 2. The number of ether oxygens (including phenoxy) is 1. The molecule has 1 aliphatic heterocycles. The van der Waals surface area contributed by atoms with Crippen molar-refractivity contribution in [1.29, 1.82) is 0 Å². The molecule has 1 unspecified atom stereocenters. The van der Waals surface area contributed by atoms with Crippen LogP contribution in [0.3, 0.4) is 0 Å². The molecule has 4 heteroatoms. The summed E-state index contributed by atoms with van der Waals surface area (Å²) in [6.45, 7) is 5.58. The van der Waals surface area contributed by atoms with Crippen LogP contribution in [0.5, 0.6) is 5.75 Å². The van der Waals surface area contributed by atoms with E-state index in [0.717, 1.165) is 42.1 Å². The van der Waals surface area contributed by atoms with Crippen LogP contribution in [0.1, 0.15) is 44.6 Å². The molecule has 1 aromatic rings. The molecule has 1 amide bonds. The maximum atomic E-state index is 12.2. The third-order valence-electron chi connectivity index (χ3n) is 4.06. The Balaban J connectivity index is 1.71. The minimum absolute atomic E-state index is 0.262. The molecule has 116 valence electrons. The Hall–Kier alpha value is -1.22. The highest BCUT2D eigenvalue weighted by Gasteiger charge is 2.22. The van der Waals surface area contributed by atoms with Crippen LogP contribution in [0.4, 0.5) is 0 Å². The number of likely N-dealkylation sites (tertiary alicyclic amines) is 1. The van der Waals surface area contributed by atoms with Crippen LogP contribution in [0.15, 0.2) is 18.2 Å². The summed E-state index contributed by atoms with van der Waals surface area (Å²) in [7, 11) is 0. The van der Waals surface area contributed by atoms with Crippen molar-refractivity contribution >= 4 is 17.5 Å². The van der Waals surface area contributed by atoms with Crippen molar-refractivity contribution in [1.82, 2.24) is 4.90 Å². The van der Waals surface area contributed by atoms with Gasteiger partial charge in [-0.25, -0.2) is 0 Å². The fourth-order valence-electron chi connectivity index (χ4n) is 2.73. The first-order chi connectivity index (χ1) is 10.1. The van der Waals surface area contributed by atoms with E-state index in [1.54, 1.807) is 0 Å². The topological polar surface area (TPSA) is 29.5 Å². The van der Waals surface area contributed by atoms with Crippen LogP contribution in [0.25, 0.3) is 0 Å². The van der Waals surface area contributed by atoms with Crippen molar-refractivity contribution < 1.29 is 9.53 Å². The average Bonchev–Trinajstić information content (AvgIpc) is 2.47. The van der Waals surface area contributed by atoms with Crippen molar-refractivity contribution in [2.24, 2.45) is 0 Å². The first kappa shape index (κ1) is 16.2. The Kier molecular flexibility index (Phi) is 5.92. The Labute approximate surface area is 132 Å². The zero-order chi connectivity index (χ0) is 15.2. The molecule has 21 heavy (non-hydrogen) atoms. The van der Waals surface area contributed by atoms with E-state index in [0.29, 0.717) is 19.1 Å². The molecule has 1 fully saturated rings. The number of halogens is 1. The van der Waals surface area contributed by atoms with E-state index in [4.69, 9.17) is 16.3 Å². The van der Waals surface area contributed by atoms with E-state index in [-0.39, 0.29) is 5.91 Å². The number of hydrogen-bond donors (Lipinski definition) is 0. The van der Waals surface area contributed by atoms with Gasteiger partial charge >= 0.3 is 0 Å². The van der Waals surface area contributed by atoms with Gasteiger partial charge in [-0.2, -0.15) is 0 Å². The molecule has 0 N–H and O–H groups in total. The molecule has 1 atom stereocenters. The molecule has 0 bridgehead atoms. The summed E-state index contributed by atoms with van der Waals surface area (Å²) in [4.78, 5) is 14.2. The van der Waals surface area contributed by atoms with Gasteiger partial charge in [0.25, 0.3) is 0 Å². The first-order valence-corrected chi connectivity index (χ1v) is 8.14. The number of carbonyl (C=O) groups is 1. The van der Waals surface area contributed by atoms with Gasteiger partial charge < -0.3 is 9.64 Å². The highest BCUT2D eigenvalue weighted by molar-refractivity contribution is 6.31. The van der Waals surface area contributed by atoms with E-state index < -0.39 is 0 Å². The Morgan fingerprint density at radius 2 is 2.24 bits per heavy atom. The van der Waals surface area contributed by atoms with Gasteiger partial charge in [-0.3, -0.25) is 4.79 Å². The van der Waals surface area contributed by atoms with Gasteiger partial charge in [0.15, 0.2) is 0 Å². The van der Waals surface area contributed by atoms with Crippen molar-refractivity contribution in [3.63, 3.8) is 0 Å². The van der Waals surface area contributed by atoms with Gasteiger partial charge in [-0.15, -0.1) is 0 Å². The fraction of sp³-hybridized carbons (Fsp3) is 0.588. The first-order valence-electron chi connectivity index (χ1n) is 7.76. The lowest BCUT2D eigenvalue weighted by molar-refractivity contribution is -0.134. The third-order valence-corrected chi connectivity index (χ3v) is 4.48. The van der Waals surface area contributed by atoms with E-state index in [1.165, 1.54) is 6.42 Å². The van der Waals surface area contributed by atoms with Gasteiger partial charge in [-0.05, 0) is 63.3 Å². The quantitative estimate of drug-likeness (QED) is 0.763. The predicted molar refractivity (Wildman–Crippen MR) is 85.9 cm³/mol. The molecule has 0 aromatic heterocycles. The van der Waals surface area contributed by atoms with E-state index in [2.05, 4.69) is 6.92 Å². The molecule has 1 saturated heterocycles. The lowest BCUT2D eigenvalue weighted by Crippen LogP contribution is -2.42. The second kappa shape index (κ2) is 7.69. The number of aryl methyl sites for hydroxylation is 1. The number of amides is 1. The van der Waals surface area contributed by atoms with Crippen LogP contribution < -0.4 is 4.74 Å². The van der Waals surface area contributed by atoms with Crippen molar-refractivity contribution in [3.8, 4) is 5.75 Å². The zero-order valence-electron chi connectivity index (χ0n) is 12.9. The minimum Gasteiger partial charge on any atom is -0.494 e. The third kappa shape index (κ3) is 4.63. The summed E-state index contributed by atoms with van der Waals surface area (Å²) in [6, 6.07) is 6.03. The maximum Gasteiger partial charge on any atom is 0.222 e. The summed E-state index contributed by atoms with van der Waals surface area (Å²) in [5.41, 5.74) is 1.01. The Bertz CT molecular complexity index is 490. The zero-order valence-corrected chi connectivity index (χ0v) is 13.7. The molecule has 0 aliphatic carbocycles. The molecule has 0 saturated carbocycles. The van der Waals surface area contributed by atoms with Crippen molar-refractivity contribution in [2.45, 2.75) is 52.0 Å². The fourth-order valence-corrected chi connectivity index (χ4v) is 2.85. The molecular formula is C17H24ClNO2. The summed E-state index contributed by atoms with van der Waals surface area (Å²) < 4.78 is 5.68. The highest BCUT2D eigenvalue weighted by Crippen LogP contribution is 2.21. The molecule has 1 heterocycles. The van der Waals surface area contributed by atoms with E-state index >= 15 is 0 Å². The second-order valence-corrected chi connectivity index (χ2v) is 6.20. The molecule has 1 aliphatic rings. The summed E-state index contributed by atoms with van der Waals surface area (Å²) in [5, 5.41) is 0.747. The lowest BCUT2D eigenvalue weighted by atomic mass is 10.0. The van der Waals surface area contributed by atoms with Crippen LogP contribution in [0, 0.1) is 6.92 Å².